The molecule has 1 aliphatic carbocycles. The molecule has 0 aliphatic heterocycles. The molecule has 0 amide bonds. The Balaban J connectivity index is 1.26. The summed E-state index contributed by atoms with van der Waals surface area (Å²) in [6.45, 7) is 13.2. The molecule has 0 heterocycles. The quantitative estimate of drug-likeness (QED) is 0.197. The fourth-order valence-corrected chi connectivity index (χ4v) is 3.78. The van der Waals surface area contributed by atoms with Gasteiger partial charge in [-0.1, -0.05) is 68.8 Å². The Morgan fingerprint density at radius 1 is 0.657 bits per heavy atom. The van der Waals surface area contributed by atoms with Gasteiger partial charge in [0.2, 0.25) is 0 Å². The molecule has 0 N–H and O–H groups in total. The highest BCUT2D eigenvalue weighted by atomic mass is 16.6. The fraction of sp³-hybridized carbons (Fsp3) is 0.667. The molecule has 5 heteroatoms. The van der Waals surface area contributed by atoms with Gasteiger partial charge in [-0.2, -0.15) is 0 Å². The SMILES string of the molecule is CC(C)(C)c1cccc(CCCOCCOCCOCCOCCOCCCCC2=CCC=C2)c1. The van der Waals surface area contributed by atoms with Crippen molar-refractivity contribution >= 4 is 0 Å². The topological polar surface area (TPSA) is 46.2 Å². The molecule has 0 unspecified atom stereocenters. The number of ether oxygens (including phenoxy) is 5. The molecule has 35 heavy (non-hydrogen) atoms. The van der Waals surface area contributed by atoms with E-state index in [0.717, 1.165) is 45.3 Å². The van der Waals surface area contributed by atoms with Gasteiger partial charge in [-0.25, -0.2) is 0 Å². The largest absolute Gasteiger partial charge is 0.379 e. The van der Waals surface area contributed by atoms with Crippen LogP contribution in [0.15, 0.2) is 48.1 Å². The average molecular weight is 489 g/mol. The van der Waals surface area contributed by atoms with Gasteiger partial charge in [0.05, 0.1) is 52.9 Å². The molecule has 0 spiro atoms. The smallest absolute Gasteiger partial charge is 0.0701 e. The third-order valence-electron chi connectivity index (χ3n) is 5.89. The molecule has 1 aromatic rings. The van der Waals surface area contributed by atoms with Crippen LogP contribution in [0.1, 0.15) is 64.0 Å². The lowest BCUT2D eigenvalue weighted by atomic mass is 9.86. The highest BCUT2D eigenvalue weighted by Gasteiger charge is 2.13. The minimum absolute atomic E-state index is 0.194. The van der Waals surface area contributed by atoms with E-state index in [1.54, 1.807) is 0 Å². The van der Waals surface area contributed by atoms with Crippen LogP contribution in [-0.4, -0.2) is 66.1 Å². The molecule has 0 atom stereocenters. The number of allylic oxidation sites excluding steroid dienone is 4. The van der Waals surface area contributed by atoms with E-state index in [1.807, 2.05) is 0 Å². The first-order valence-corrected chi connectivity index (χ1v) is 13.4. The third kappa shape index (κ3) is 15.3. The van der Waals surface area contributed by atoms with Gasteiger partial charge in [-0.3, -0.25) is 0 Å². The molecule has 0 saturated heterocycles. The molecule has 0 fully saturated rings. The van der Waals surface area contributed by atoms with E-state index in [2.05, 4.69) is 63.3 Å². The Morgan fingerprint density at radius 2 is 1.23 bits per heavy atom. The van der Waals surface area contributed by atoms with E-state index in [1.165, 1.54) is 23.1 Å². The monoisotopic (exact) mass is 488 g/mol. The number of benzene rings is 1. The molecular formula is C30H48O5. The standard InChI is InChI=1S/C30H48O5/c1-30(2,3)29-15-8-13-28(26-29)14-9-17-32-19-21-34-23-25-35-24-22-33-20-18-31-16-7-6-12-27-10-4-5-11-27/h4,8,10-11,13,15,26H,5-7,9,12,14,16-25H2,1-3H3. The van der Waals surface area contributed by atoms with Crippen LogP contribution in [0.3, 0.4) is 0 Å². The van der Waals surface area contributed by atoms with Crippen LogP contribution in [0.5, 0.6) is 0 Å². The normalized spacial score (nSPS) is 13.5. The van der Waals surface area contributed by atoms with Crippen LogP contribution in [0.4, 0.5) is 0 Å². The van der Waals surface area contributed by atoms with Crippen molar-refractivity contribution in [2.45, 2.75) is 64.7 Å². The van der Waals surface area contributed by atoms with E-state index in [-0.39, 0.29) is 5.41 Å². The summed E-state index contributed by atoms with van der Waals surface area (Å²) in [6, 6.07) is 8.89. The Labute approximate surface area is 213 Å². The van der Waals surface area contributed by atoms with Gasteiger partial charge in [-0.05, 0) is 55.1 Å². The van der Waals surface area contributed by atoms with Crippen LogP contribution >= 0.6 is 0 Å². The highest BCUT2D eigenvalue weighted by molar-refractivity contribution is 5.28. The van der Waals surface area contributed by atoms with Crippen molar-refractivity contribution in [1.29, 1.82) is 0 Å². The first-order chi connectivity index (χ1) is 17.1. The second kappa shape index (κ2) is 18.7. The van der Waals surface area contributed by atoms with E-state index in [0.29, 0.717) is 52.9 Å². The third-order valence-corrected chi connectivity index (χ3v) is 5.89. The lowest BCUT2D eigenvalue weighted by molar-refractivity contribution is -0.0113. The Hall–Kier alpha value is -1.50. The van der Waals surface area contributed by atoms with Gasteiger partial charge in [0, 0.05) is 13.2 Å². The number of hydrogen-bond acceptors (Lipinski definition) is 5. The Bertz CT molecular complexity index is 720. The first-order valence-electron chi connectivity index (χ1n) is 13.4. The highest BCUT2D eigenvalue weighted by Crippen LogP contribution is 2.23. The van der Waals surface area contributed by atoms with Crippen molar-refractivity contribution in [3.8, 4) is 0 Å². The van der Waals surface area contributed by atoms with Gasteiger partial charge in [0.1, 0.15) is 0 Å². The van der Waals surface area contributed by atoms with E-state index in [4.69, 9.17) is 23.7 Å². The Kier molecular flexibility index (Phi) is 15.9. The second-order valence-corrected chi connectivity index (χ2v) is 9.99. The van der Waals surface area contributed by atoms with Gasteiger partial charge >= 0.3 is 0 Å². The summed E-state index contributed by atoms with van der Waals surface area (Å²) in [4.78, 5) is 0. The maximum Gasteiger partial charge on any atom is 0.0701 e. The Morgan fingerprint density at radius 3 is 1.77 bits per heavy atom. The molecular weight excluding hydrogens is 440 g/mol. The molecule has 1 aromatic carbocycles. The maximum atomic E-state index is 5.69. The van der Waals surface area contributed by atoms with Gasteiger partial charge in [0.25, 0.3) is 0 Å². The zero-order valence-electron chi connectivity index (χ0n) is 22.4. The average Bonchev–Trinajstić information content (AvgIpc) is 3.36. The van der Waals surface area contributed by atoms with Gasteiger partial charge < -0.3 is 23.7 Å². The lowest BCUT2D eigenvalue weighted by Gasteiger charge is -2.19. The maximum absolute atomic E-state index is 5.69. The number of rotatable bonds is 21. The van der Waals surface area contributed by atoms with Crippen molar-refractivity contribution in [1.82, 2.24) is 0 Å². The molecule has 1 aliphatic rings. The molecule has 0 bridgehead atoms. The summed E-state index contributed by atoms with van der Waals surface area (Å²) < 4.78 is 27.9. The molecule has 5 nitrogen and oxygen atoms in total. The number of hydrogen-bond donors (Lipinski definition) is 0. The predicted molar refractivity (Wildman–Crippen MR) is 143 cm³/mol. The van der Waals surface area contributed by atoms with Crippen LogP contribution in [0, 0.1) is 0 Å². The van der Waals surface area contributed by atoms with Crippen molar-refractivity contribution in [2.75, 3.05) is 66.1 Å². The van der Waals surface area contributed by atoms with Crippen molar-refractivity contribution in [3.63, 3.8) is 0 Å². The molecule has 0 saturated carbocycles. The summed E-state index contributed by atoms with van der Waals surface area (Å²) >= 11 is 0. The number of aryl methyl sites for hydroxylation is 1. The minimum Gasteiger partial charge on any atom is -0.379 e. The van der Waals surface area contributed by atoms with Gasteiger partial charge in [0.15, 0.2) is 0 Å². The molecule has 0 radical (unpaired) electrons. The summed E-state index contributed by atoms with van der Waals surface area (Å²) in [7, 11) is 0. The first kappa shape index (κ1) is 29.7. The van der Waals surface area contributed by atoms with Crippen LogP contribution < -0.4 is 0 Å². The molecule has 0 aromatic heterocycles. The summed E-state index contributed by atoms with van der Waals surface area (Å²) in [6.07, 6.45) is 13.4. The van der Waals surface area contributed by atoms with Crippen LogP contribution in [-0.2, 0) is 35.5 Å². The minimum atomic E-state index is 0.194. The molecule has 2 rings (SSSR count). The summed E-state index contributed by atoms with van der Waals surface area (Å²) in [5.74, 6) is 0. The van der Waals surface area contributed by atoms with Crippen LogP contribution in [0.25, 0.3) is 0 Å². The lowest BCUT2D eigenvalue weighted by Crippen LogP contribution is -2.13. The summed E-state index contributed by atoms with van der Waals surface area (Å²) in [5, 5.41) is 0. The fourth-order valence-electron chi connectivity index (χ4n) is 3.78. The zero-order chi connectivity index (χ0) is 25.0. The molecule has 198 valence electrons. The van der Waals surface area contributed by atoms with Crippen molar-refractivity contribution in [2.24, 2.45) is 0 Å². The zero-order valence-corrected chi connectivity index (χ0v) is 22.4. The number of unbranched alkanes of at least 4 members (excludes halogenated alkanes) is 1. The van der Waals surface area contributed by atoms with Gasteiger partial charge in [-0.15, -0.1) is 0 Å². The van der Waals surface area contributed by atoms with Crippen molar-refractivity contribution < 1.29 is 23.7 Å². The second-order valence-electron chi connectivity index (χ2n) is 9.99. The van der Waals surface area contributed by atoms with E-state index < -0.39 is 0 Å². The van der Waals surface area contributed by atoms with Crippen LogP contribution in [0.2, 0.25) is 0 Å². The predicted octanol–water partition coefficient (Wildman–Crippen LogP) is 6.06. The summed E-state index contributed by atoms with van der Waals surface area (Å²) in [5.41, 5.74) is 4.43. The van der Waals surface area contributed by atoms with Crippen molar-refractivity contribution in [3.05, 3.63) is 59.2 Å². The van der Waals surface area contributed by atoms with E-state index in [9.17, 15) is 0 Å². The van der Waals surface area contributed by atoms with E-state index >= 15 is 0 Å².